The highest BCUT2D eigenvalue weighted by atomic mass is 16.6. The van der Waals surface area contributed by atoms with Gasteiger partial charge in [0.05, 0.1) is 4.92 Å². The largest absolute Gasteiger partial charge is 0.381 e. The third kappa shape index (κ3) is 3.23. The summed E-state index contributed by atoms with van der Waals surface area (Å²) in [4.78, 5) is 10.1. The molecule has 0 bridgehead atoms. The topological polar surface area (TPSA) is 79.0 Å². The van der Waals surface area contributed by atoms with Crippen molar-refractivity contribution in [3.8, 4) is 18.4 Å². The van der Waals surface area contributed by atoms with E-state index in [1.807, 2.05) is 13.0 Å². The van der Waals surface area contributed by atoms with E-state index in [0.29, 0.717) is 12.1 Å². The van der Waals surface area contributed by atoms with Gasteiger partial charge < -0.3 is 5.32 Å². The van der Waals surface area contributed by atoms with Crippen LogP contribution in [0.25, 0.3) is 0 Å². The fraction of sp³-hybridized carbons (Fsp3) is 0.308. The van der Waals surface area contributed by atoms with Gasteiger partial charge in [-0.05, 0) is 18.6 Å². The number of terminal acetylenes is 1. The van der Waals surface area contributed by atoms with Crippen LogP contribution in [0, 0.1) is 33.8 Å². The zero-order valence-electron chi connectivity index (χ0n) is 10.0. The highest BCUT2D eigenvalue weighted by molar-refractivity contribution is 5.59. The van der Waals surface area contributed by atoms with Gasteiger partial charge >= 0.3 is 0 Å². The third-order valence-electron chi connectivity index (χ3n) is 2.54. The van der Waals surface area contributed by atoms with Gasteiger partial charge in [-0.15, -0.1) is 12.3 Å². The second-order valence-corrected chi connectivity index (χ2v) is 3.76. The number of nitro groups is 1. The van der Waals surface area contributed by atoms with Gasteiger partial charge in [0, 0.05) is 24.2 Å². The van der Waals surface area contributed by atoms with Crippen molar-refractivity contribution >= 4 is 11.4 Å². The van der Waals surface area contributed by atoms with Gasteiger partial charge in [0.1, 0.15) is 11.6 Å². The van der Waals surface area contributed by atoms with Crippen molar-refractivity contribution in [2.75, 3.05) is 5.32 Å². The van der Waals surface area contributed by atoms with Crippen LogP contribution in [-0.4, -0.2) is 11.0 Å². The first kappa shape index (κ1) is 13.5. The minimum Gasteiger partial charge on any atom is -0.381 e. The summed E-state index contributed by atoms with van der Waals surface area (Å²) in [6.45, 7) is 1.99. The van der Waals surface area contributed by atoms with E-state index in [-0.39, 0.29) is 17.3 Å². The quantitative estimate of drug-likeness (QED) is 0.490. The molecule has 0 aliphatic rings. The van der Waals surface area contributed by atoms with E-state index in [1.54, 1.807) is 6.07 Å². The average molecular weight is 243 g/mol. The first-order valence-electron chi connectivity index (χ1n) is 5.50. The van der Waals surface area contributed by atoms with E-state index < -0.39 is 4.92 Å². The molecule has 0 saturated heterocycles. The van der Waals surface area contributed by atoms with Gasteiger partial charge in [-0.1, -0.05) is 6.92 Å². The van der Waals surface area contributed by atoms with Crippen molar-refractivity contribution in [3.05, 3.63) is 33.9 Å². The molecule has 0 amide bonds. The van der Waals surface area contributed by atoms with Gasteiger partial charge in [-0.2, -0.15) is 5.26 Å². The molecule has 0 aliphatic carbocycles. The van der Waals surface area contributed by atoms with Gasteiger partial charge in [0.25, 0.3) is 5.69 Å². The Morgan fingerprint density at radius 1 is 1.61 bits per heavy atom. The molecule has 0 aliphatic heterocycles. The Bertz CT molecular complexity index is 526. The van der Waals surface area contributed by atoms with Crippen molar-refractivity contribution in [1.82, 2.24) is 0 Å². The molecule has 0 aromatic heterocycles. The molecule has 1 aromatic rings. The summed E-state index contributed by atoms with van der Waals surface area (Å²) >= 11 is 0. The molecule has 0 fully saturated rings. The van der Waals surface area contributed by atoms with Crippen LogP contribution < -0.4 is 5.32 Å². The lowest BCUT2D eigenvalue weighted by Crippen LogP contribution is -2.17. The molecule has 1 rings (SSSR count). The number of nitrogens with zero attached hydrogens (tertiary/aromatic N) is 2. The third-order valence-corrected chi connectivity index (χ3v) is 2.54. The van der Waals surface area contributed by atoms with E-state index in [1.165, 1.54) is 12.1 Å². The van der Waals surface area contributed by atoms with Crippen LogP contribution in [-0.2, 0) is 0 Å². The van der Waals surface area contributed by atoms with Gasteiger partial charge in [-0.25, -0.2) is 0 Å². The molecule has 0 saturated carbocycles. The summed E-state index contributed by atoms with van der Waals surface area (Å²) in [5, 5.41) is 22.7. The van der Waals surface area contributed by atoms with Crippen LogP contribution in [0.15, 0.2) is 18.2 Å². The zero-order chi connectivity index (χ0) is 13.5. The van der Waals surface area contributed by atoms with E-state index >= 15 is 0 Å². The molecular weight excluding hydrogens is 230 g/mol. The van der Waals surface area contributed by atoms with Crippen molar-refractivity contribution < 1.29 is 4.92 Å². The second-order valence-electron chi connectivity index (χ2n) is 3.76. The average Bonchev–Trinajstić information content (AvgIpc) is 2.37. The minimum atomic E-state index is -0.568. The number of hydrogen-bond donors (Lipinski definition) is 1. The Morgan fingerprint density at radius 3 is 2.83 bits per heavy atom. The van der Waals surface area contributed by atoms with Gasteiger partial charge in [0.2, 0.25) is 0 Å². The smallest absolute Gasteiger partial charge is 0.287 e. The highest BCUT2D eigenvalue weighted by Gasteiger charge is 2.14. The zero-order valence-corrected chi connectivity index (χ0v) is 10.0. The van der Waals surface area contributed by atoms with E-state index in [2.05, 4.69) is 11.2 Å². The van der Waals surface area contributed by atoms with Gasteiger partial charge in [-0.3, -0.25) is 10.1 Å². The number of nitriles is 1. The lowest BCUT2D eigenvalue weighted by Gasteiger charge is -2.15. The number of hydrogen-bond acceptors (Lipinski definition) is 4. The first-order chi connectivity index (χ1) is 8.62. The van der Waals surface area contributed by atoms with Gasteiger partial charge in [0.15, 0.2) is 0 Å². The van der Waals surface area contributed by atoms with E-state index in [4.69, 9.17) is 11.7 Å². The number of nitro benzene ring substituents is 1. The Morgan fingerprint density at radius 2 is 2.33 bits per heavy atom. The standard InChI is InChI=1S/C13H13N3O2/c1-3-5-11(4-2)15-12-6-7-13(16(17)18)10(8-12)9-14/h1,6-8,11,15H,4-5H2,2H3. The summed E-state index contributed by atoms with van der Waals surface area (Å²) in [6.07, 6.45) is 6.65. The van der Waals surface area contributed by atoms with Crippen LogP contribution >= 0.6 is 0 Å². The lowest BCUT2D eigenvalue weighted by molar-refractivity contribution is -0.385. The maximum Gasteiger partial charge on any atom is 0.287 e. The summed E-state index contributed by atoms with van der Waals surface area (Å²) in [5.41, 5.74) is 0.521. The van der Waals surface area contributed by atoms with Crippen LogP contribution in [0.2, 0.25) is 0 Å². The second kappa shape index (κ2) is 6.27. The van der Waals surface area contributed by atoms with Crippen LogP contribution in [0.5, 0.6) is 0 Å². The lowest BCUT2D eigenvalue weighted by atomic mass is 10.1. The molecule has 0 spiro atoms. The van der Waals surface area contributed by atoms with Crippen molar-refractivity contribution in [1.29, 1.82) is 5.26 Å². The summed E-state index contributed by atoms with van der Waals surface area (Å²) < 4.78 is 0. The number of benzene rings is 1. The molecule has 1 unspecified atom stereocenters. The monoisotopic (exact) mass is 243 g/mol. The molecule has 1 N–H and O–H groups in total. The maximum atomic E-state index is 10.7. The van der Waals surface area contributed by atoms with Crippen LogP contribution in [0.4, 0.5) is 11.4 Å². The Hall–Kier alpha value is -2.53. The van der Waals surface area contributed by atoms with Crippen molar-refractivity contribution in [3.63, 3.8) is 0 Å². The number of nitrogens with one attached hydrogen (secondary N) is 1. The minimum absolute atomic E-state index is 0.0422. The first-order valence-corrected chi connectivity index (χ1v) is 5.50. The summed E-state index contributed by atoms with van der Waals surface area (Å²) in [5.74, 6) is 2.56. The van der Waals surface area contributed by atoms with Crippen molar-refractivity contribution in [2.24, 2.45) is 0 Å². The fourth-order valence-corrected chi connectivity index (χ4v) is 1.55. The Labute approximate surface area is 106 Å². The number of anilines is 1. The normalized spacial score (nSPS) is 11.1. The molecular formula is C13H13N3O2. The summed E-state index contributed by atoms with van der Waals surface area (Å²) in [6, 6.07) is 6.29. The van der Waals surface area contributed by atoms with E-state index in [0.717, 1.165) is 6.42 Å². The Balaban J connectivity index is 2.97. The number of rotatable bonds is 5. The molecule has 18 heavy (non-hydrogen) atoms. The molecule has 0 heterocycles. The van der Waals surface area contributed by atoms with E-state index in [9.17, 15) is 10.1 Å². The Kier molecular flexibility index (Phi) is 4.71. The molecule has 1 aromatic carbocycles. The van der Waals surface area contributed by atoms with Crippen LogP contribution in [0.3, 0.4) is 0 Å². The van der Waals surface area contributed by atoms with Crippen molar-refractivity contribution in [2.45, 2.75) is 25.8 Å². The molecule has 92 valence electrons. The predicted octanol–water partition coefficient (Wildman–Crippen LogP) is 2.68. The molecule has 1 atom stereocenters. The predicted molar refractivity (Wildman–Crippen MR) is 69.0 cm³/mol. The maximum absolute atomic E-state index is 10.7. The molecule has 5 heteroatoms. The SMILES string of the molecule is C#CCC(CC)Nc1ccc([N+](=O)[O-])c(C#N)c1. The fourth-order valence-electron chi connectivity index (χ4n) is 1.55. The highest BCUT2D eigenvalue weighted by Crippen LogP contribution is 2.22. The molecule has 0 radical (unpaired) electrons. The summed E-state index contributed by atoms with van der Waals surface area (Å²) in [7, 11) is 0. The van der Waals surface area contributed by atoms with Crippen LogP contribution in [0.1, 0.15) is 25.3 Å². The molecule has 5 nitrogen and oxygen atoms in total.